The van der Waals surface area contributed by atoms with Crippen molar-refractivity contribution in [3.63, 3.8) is 0 Å². The summed E-state index contributed by atoms with van der Waals surface area (Å²) in [5.74, 6) is -5.18. The smallest absolute Gasteiger partial charge is 0.346 e. The molecule has 0 spiro atoms. The Morgan fingerprint density at radius 1 is 1.33 bits per heavy atom. The summed E-state index contributed by atoms with van der Waals surface area (Å²) in [6.07, 6.45) is 0. The zero-order valence-electron chi connectivity index (χ0n) is 7.91. The molecule has 0 aliphatic carbocycles. The van der Waals surface area contributed by atoms with Crippen LogP contribution in [0, 0.1) is 0 Å². The first-order chi connectivity index (χ1) is 7.06. The fourth-order valence-corrected chi connectivity index (χ4v) is 0.979. The van der Waals surface area contributed by atoms with Crippen LogP contribution in [-0.2, 0) is 11.3 Å². The Bertz CT molecular complexity index is 327. The van der Waals surface area contributed by atoms with E-state index in [-0.39, 0.29) is 6.54 Å². The number of amides is 1. The van der Waals surface area contributed by atoms with E-state index in [0.29, 0.717) is 0 Å². The second-order valence-electron chi connectivity index (χ2n) is 3.03. The number of halogens is 2. The Kier molecular flexibility index (Phi) is 3.74. The number of nitrogens with one attached hydrogen (secondary N) is 1. The summed E-state index contributed by atoms with van der Waals surface area (Å²) in [5, 5.41) is 10.3. The average molecular weight is 215 g/mol. The van der Waals surface area contributed by atoms with Gasteiger partial charge in [0.1, 0.15) is 6.61 Å². The van der Waals surface area contributed by atoms with E-state index < -0.39 is 18.4 Å². The summed E-state index contributed by atoms with van der Waals surface area (Å²) in [4.78, 5) is 10.8. The van der Waals surface area contributed by atoms with E-state index in [1.165, 1.54) is 0 Å². The molecular weight excluding hydrogens is 204 g/mol. The van der Waals surface area contributed by atoms with E-state index in [4.69, 9.17) is 5.11 Å². The van der Waals surface area contributed by atoms with Gasteiger partial charge in [-0.25, -0.2) is 0 Å². The highest BCUT2D eigenvalue weighted by Crippen LogP contribution is 2.12. The van der Waals surface area contributed by atoms with Crippen LogP contribution in [-0.4, -0.2) is 23.5 Å². The molecule has 0 aliphatic rings. The van der Waals surface area contributed by atoms with Gasteiger partial charge in [0.2, 0.25) is 0 Å². The number of aliphatic hydroxyl groups excluding tert-OH is 1. The Morgan fingerprint density at radius 3 is 2.47 bits per heavy atom. The fraction of sp³-hybridized carbons (Fsp3) is 0.300. The van der Waals surface area contributed by atoms with Gasteiger partial charge in [0.05, 0.1) is 0 Å². The molecule has 5 heteroatoms. The summed E-state index contributed by atoms with van der Waals surface area (Å²) >= 11 is 0. The van der Waals surface area contributed by atoms with E-state index in [0.717, 1.165) is 5.56 Å². The molecular formula is C10H11F2NO2. The van der Waals surface area contributed by atoms with E-state index in [2.05, 4.69) is 0 Å². The Morgan fingerprint density at radius 2 is 1.93 bits per heavy atom. The zero-order chi connectivity index (χ0) is 11.3. The molecule has 0 bridgehead atoms. The van der Waals surface area contributed by atoms with Crippen molar-refractivity contribution in [2.24, 2.45) is 0 Å². The molecule has 82 valence electrons. The van der Waals surface area contributed by atoms with Crippen molar-refractivity contribution in [3.05, 3.63) is 35.9 Å². The number of alkyl halides is 2. The third kappa shape index (κ3) is 3.28. The molecule has 1 amide bonds. The molecule has 2 N–H and O–H groups in total. The molecule has 1 aromatic carbocycles. The number of carbonyl (C=O) groups excluding carboxylic acids is 1. The van der Waals surface area contributed by atoms with Crippen LogP contribution >= 0.6 is 0 Å². The summed E-state index contributed by atoms with van der Waals surface area (Å²) in [7, 11) is 0. The largest absolute Gasteiger partial charge is 0.390 e. The molecule has 0 aliphatic heterocycles. The third-order valence-corrected chi connectivity index (χ3v) is 1.83. The number of aliphatic hydroxyl groups is 1. The van der Waals surface area contributed by atoms with Gasteiger partial charge in [-0.05, 0) is 5.56 Å². The molecule has 3 nitrogen and oxygen atoms in total. The lowest BCUT2D eigenvalue weighted by molar-refractivity contribution is -0.151. The highest BCUT2D eigenvalue weighted by atomic mass is 19.3. The van der Waals surface area contributed by atoms with Crippen LogP contribution in [0.15, 0.2) is 30.3 Å². The number of hydrogen-bond acceptors (Lipinski definition) is 2. The van der Waals surface area contributed by atoms with Crippen molar-refractivity contribution in [3.8, 4) is 0 Å². The summed E-state index contributed by atoms with van der Waals surface area (Å²) in [6, 6.07) is 8.68. The van der Waals surface area contributed by atoms with Crippen LogP contribution in [0.5, 0.6) is 0 Å². The molecule has 0 atom stereocenters. The van der Waals surface area contributed by atoms with E-state index in [1.807, 2.05) is 5.32 Å². The number of benzene rings is 1. The quantitative estimate of drug-likeness (QED) is 0.785. The van der Waals surface area contributed by atoms with E-state index >= 15 is 0 Å². The lowest BCUT2D eigenvalue weighted by Crippen LogP contribution is -2.42. The standard InChI is InChI=1S/C10H11F2NO2/c11-10(12,7-14)9(15)13-6-8-4-2-1-3-5-8/h1-5,14H,6-7H2,(H,13,15). The number of hydrogen-bond donors (Lipinski definition) is 2. The van der Waals surface area contributed by atoms with Crippen molar-refractivity contribution < 1.29 is 18.7 Å². The molecule has 0 radical (unpaired) electrons. The molecule has 0 unspecified atom stereocenters. The van der Waals surface area contributed by atoms with Crippen molar-refractivity contribution in [2.75, 3.05) is 6.61 Å². The van der Waals surface area contributed by atoms with Gasteiger partial charge in [-0.2, -0.15) is 8.78 Å². The van der Waals surface area contributed by atoms with Crippen LogP contribution in [0.4, 0.5) is 8.78 Å². The summed E-state index contributed by atoms with van der Waals surface area (Å²) in [6.45, 7) is -1.46. The molecule has 0 saturated carbocycles. The lowest BCUT2D eigenvalue weighted by atomic mass is 10.2. The van der Waals surface area contributed by atoms with Gasteiger partial charge < -0.3 is 10.4 Å². The highest BCUT2D eigenvalue weighted by Gasteiger charge is 2.37. The van der Waals surface area contributed by atoms with Gasteiger partial charge in [-0.15, -0.1) is 0 Å². The van der Waals surface area contributed by atoms with E-state index in [1.54, 1.807) is 30.3 Å². The van der Waals surface area contributed by atoms with Crippen LogP contribution < -0.4 is 5.32 Å². The number of rotatable bonds is 4. The number of carbonyl (C=O) groups is 1. The predicted octanol–water partition coefficient (Wildman–Crippen LogP) is 0.930. The normalized spacial score (nSPS) is 11.1. The maximum atomic E-state index is 12.6. The van der Waals surface area contributed by atoms with Gasteiger partial charge in [-0.3, -0.25) is 4.79 Å². The highest BCUT2D eigenvalue weighted by molar-refractivity contribution is 5.83. The molecule has 15 heavy (non-hydrogen) atoms. The molecule has 1 aromatic rings. The first-order valence-electron chi connectivity index (χ1n) is 4.37. The minimum Gasteiger partial charge on any atom is -0.390 e. The van der Waals surface area contributed by atoms with Crippen molar-refractivity contribution in [1.29, 1.82) is 0 Å². The SMILES string of the molecule is O=C(NCc1ccccc1)C(F)(F)CO. The minimum atomic E-state index is -3.71. The molecule has 0 saturated heterocycles. The van der Waals surface area contributed by atoms with Crippen LogP contribution in [0.25, 0.3) is 0 Å². The van der Waals surface area contributed by atoms with Crippen LogP contribution in [0.1, 0.15) is 5.56 Å². The predicted molar refractivity (Wildman–Crippen MR) is 50.3 cm³/mol. The van der Waals surface area contributed by atoms with E-state index in [9.17, 15) is 13.6 Å². The first kappa shape index (κ1) is 11.6. The fourth-order valence-electron chi connectivity index (χ4n) is 0.979. The molecule has 0 fully saturated rings. The van der Waals surface area contributed by atoms with Gasteiger partial charge >= 0.3 is 5.92 Å². The second-order valence-corrected chi connectivity index (χ2v) is 3.03. The second kappa shape index (κ2) is 4.84. The Labute approximate surface area is 85.7 Å². The summed E-state index contributed by atoms with van der Waals surface area (Å²) < 4.78 is 25.2. The average Bonchev–Trinajstić information content (AvgIpc) is 2.27. The monoisotopic (exact) mass is 215 g/mol. The Hall–Kier alpha value is -1.49. The topological polar surface area (TPSA) is 49.3 Å². The molecule has 0 heterocycles. The van der Waals surface area contributed by atoms with Crippen molar-refractivity contribution in [1.82, 2.24) is 5.32 Å². The zero-order valence-corrected chi connectivity index (χ0v) is 7.91. The minimum absolute atomic E-state index is 0.0231. The van der Waals surface area contributed by atoms with Gasteiger partial charge in [0, 0.05) is 6.54 Å². The van der Waals surface area contributed by atoms with Crippen LogP contribution in [0.2, 0.25) is 0 Å². The maximum Gasteiger partial charge on any atom is 0.346 e. The van der Waals surface area contributed by atoms with Crippen LogP contribution in [0.3, 0.4) is 0 Å². The lowest BCUT2D eigenvalue weighted by Gasteiger charge is -2.12. The third-order valence-electron chi connectivity index (χ3n) is 1.83. The van der Waals surface area contributed by atoms with Gasteiger partial charge in [0.25, 0.3) is 5.91 Å². The Balaban J connectivity index is 2.48. The molecule has 0 aromatic heterocycles. The van der Waals surface area contributed by atoms with Crippen molar-refractivity contribution >= 4 is 5.91 Å². The maximum absolute atomic E-state index is 12.6. The van der Waals surface area contributed by atoms with Gasteiger partial charge in [-0.1, -0.05) is 30.3 Å². The first-order valence-corrected chi connectivity index (χ1v) is 4.37. The van der Waals surface area contributed by atoms with Crippen molar-refractivity contribution in [2.45, 2.75) is 12.5 Å². The molecule has 1 rings (SSSR count). The van der Waals surface area contributed by atoms with Gasteiger partial charge in [0.15, 0.2) is 0 Å². The summed E-state index contributed by atoms with van der Waals surface area (Å²) in [5.41, 5.74) is 0.722.